The van der Waals surface area contributed by atoms with Crippen molar-refractivity contribution in [1.29, 1.82) is 0 Å². The molecule has 2 rings (SSSR count). The first-order valence-electron chi connectivity index (χ1n) is 6.81. The molecule has 1 aromatic carbocycles. The summed E-state index contributed by atoms with van der Waals surface area (Å²) in [5.41, 5.74) is 1.70. The Labute approximate surface area is 128 Å². The smallest absolute Gasteiger partial charge is 0.331 e. The SMILES string of the molecule is Cc1cccc(NC(=O)COC(=O)/C=C/c2ccc(C)o2)c1. The van der Waals surface area contributed by atoms with Gasteiger partial charge in [0.2, 0.25) is 0 Å². The van der Waals surface area contributed by atoms with E-state index < -0.39 is 5.97 Å². The van der Waals surface area contributed by atoms with Crippen LogP contribution in [0.1, 0.15) is 17.1 Å². The van der Waals surface area contributed by atoms with E-state index in [1.54, 1.807) is 18.2 Å². The molecule has 0 saturated carbocycles. The number of nitrogens with one attached hydrogen (secondary N) is 1. The van der Waals surface area contributed by atoms with Crippen LogP contribution in [0, 0.1) is 13.8 Å². The van der Waals surface area contributed by atoms with Crippen LogP contribution in [0.4, 0.5) is 5.69 Å². The Morgan fingerprint density at radius 2 is 2.05 bits per heavy atom. The van der Waals surface area contributed by atoms with E-state index in [0.29, 0.717) is 11.4 Å². The highest BCUT2D eigenvalue weighted by molar-refractivity contribution is 5.94. The van der Waals surface area contributed by atoms with Gasteiger partial charge in [0.05, 0.1) is 0 Å². The number of rotatable bonds is 5. The second-order valence-corrected chi connectivity index (χ2v) is 4.81. The number of esters is 1. The molecule has 0 bridgehead atoms. The van der Waals surface area contributed by atoms with Gasteiger partial charge in [0.1, 0.15) is 11.5 Å². The number of anilines is 1. The monoisotopic (exact) mass is 299 g/mol. The van der Waals surface area contributed by atoms with Crippen molar-refractivity contribution in [2.45, 2.75) is 13.8 Å². The van der Waals surface area contributed by atoms with Crippen molar-refractivity contribution >= 4 is 23.6 Å². The van der Waals surface area contributed by atoms with E-state index in [2.05, 4.69) is 5.32 Å². The molecule has 1 aromatic heterocycles. The van der Waals surface area contributed by atoms with Gasteiger partial charge in [-0.2, -0.15) is 0 Å². The van der Waals surface area contributed by atoms with E-state index in [-0.39, 0.29) is 12.5 Å². The van der Waals surface area contributed by atoms with Crippen molar-refractivity contribution in [2.24, 2.45) is 0 Å². The molecular formula is C17H17NO4. The third-order valence-corrected chi connectivity index (χ3v) is 2.79. The third-order valence-electron chi connectivity index (χ3n) is 2.79. The maximum atomic E-state index is 11.7. The molecule has 0 fully saturated rings. The van der Waals surface area contributed by atoms with Crippen molar-refractivity contribution in [1.82, 2.24) is 0 Å². The van der Waals surface area contributed by atoms with Crippen LogP contribution in [0.3, 0.4) is 0 Å². The molecule has 1 N–H and O–H groups in total. The molecule has 1 heterocycles. The molecule has 0 radical (unpaired) electrons. The minimum absolute atomic E-state index is 0.339. The fourth-order valence-corrected chi connectivity index (χ4v) is 1.80. The summed E-state index contributed by atoms with van der Waals surface area (Å²) in [4.78, 5) is 23.2. The summed E-state index contributed by atoms with van der Waals surface area (Å²) in [6.07, 6.45) is 2.71. The number of carbonyl (C=O) groups excluding carboxylic acids is 2. The van der Waals surface area contributed by atoms with Gasteiger partial charge in [0.15, 0.2) is 6.61 Å². The number of amides is 1. The van der Waals surface area contributed by atoms with E-state index in [9.17, 15) is 9.59 Å². The summed E-state index contributed by atoms with van der Waals surface area (Å²) >= 11 is 0. The van der Waals surface area contributed by atoms with Gasteiger partial charge in [-0.15, -0.1) is 0 Å². The first kappa shape index (κ1) is 15.6. The lowest BCUT2D eigenvalue weighted by Crippen LogP contribution is -2.20. The lowest BCUT2D eigenvalue weighted by molar-refractivity contribution is -0.142. The minimum atomic E-state index is -0.603. The number of ether oxygens (including phenoxy) is 1. The number of benzene rings is 1. The molecule has 0 atom stereocenters. The predicted octanol–water partition coefficient (Wildman–Crippen LogP) is 3.09. The molecule has 0 unspecified atom stereocenters. The van der Waals surface area contributed by atoms with Crippen LogP contribution in [0.25, 0.3) is 6.08 Å². The Kier molecular flexibility index (Phi) is 5.14. The summed E-state index contributed by atoms with van der Waals surface area (Å²) in [5.74, 6) is 0.318. The number of hydrogen-bond donors (Lipinski definition) is 1. The molecule has 22 heavy (non-hydrogen) atoms. The van der Waals surface area contributed by atoms with Gasteiger partial charge in [-0.1, -0.05) is 12.1 Å². The summed E-state index contributed by atoms with van der Waals surface area (Å²) in [7, 11) is 0. The van der Waals surface area contributed by atoms with Crippen LogP contribution >= 0.6 is 0 Å². The van der Waals surface area contributed by atoms with Gasteiger partial charge in [0.25, 0.3) is 5.91 Å². The van der Waals surface area contributed by atoms with E-state index in [1.165, 1.54) is 12.2 Å². The summed E-state index contributed by atoms with van der Waals surface area (Å²) in [6, 6.07) is 10.9. The molecule has 1 amide bonds. The second-order valence-electron chi connectivity index (χ2n) is 4.81. The van der Waals surface area contributed by atoms with Crippen molar-refractivity contribution < 1.29 is 18.7 Å². The fourth-order valence-electron chi connectivity index (χ4n) is 1.80. The molecule has 0 aliphatic rings. The number of carbonyl (C=O) groups is 2. The highest BCUT2D eigenvalue weighted by Crippen LogP contribution is 2.09. The Bertz CT molecular complexity index is 700. The summed E-state index contributed by atoms with van der Waals surface area (Å²) < 4.78 is 10.1. The molecule has 5 heteroatoms. The fraction of sp³-hybridized carbons (Fsp3) is 0.176. The largest absolute Gasteiger partial charge is 0.462 e. The highest BCUT2D eigenvalue weighted by atomic mass is 16.5. The molecule has 2 aromatic rings. The zero-order valence-corrected chi connectivity index (χ0v) is 12.5. The van der Waals surface area contributed by atoms with E-state index in [4.69, 9.17) is 9.15 Å². The number of aryl methyl sites for hydroxylation is 2. The minimum Gasteiger partial charge on any atom is -0.462 e. The van der Waals surface area contributed by atoms with Crippen LogP contribution in [0.15, 0.2) is 46.9 Å². The van der Waals surface area contributed by atoms with Gasteiger partial charge in [-0.25, -0.2) is 4.79 Å². The van der Waals surface area contributed by atoms with Crippen LogP contribution in [0.5, 0.6) is 0 Å². The number of furan rings is 1. The highest BCUT2D eigenvalue weighted by Gasteiger charge is 2.06. The second kappa shape index (κ2) is 7.26. The van der Waals surface area contributed by atoms with Gasteiger partial charge in [0, 0.05) is 11.8 Å². The van der Waals surface area contributed by atoms with Gasteiger partial charge in [-0.05, 0) is 49.8 Å². The van der Waals surface area contributed by atoms with Crippen LogP contribution in [-0.4, -0.2) is 18.5 Å². The molecular weight excluding hydrogens is 282 g/mol. The normalized spacial score (nSPS) is 10.6. The molecule has 0 spiro atoms. The lowest BCUT2D eigenvalue weighted by atomic mass is 10.2. The quantitative estimate of drug-likeness (QED) is 0.680. The number of hydrogen-bond acceptors (Lipinski definition) is 4. The van der Waals surface area contributed by atoms with Crippen LogP contribution in [-0.2, 0) is 14.3 Å². The first-order chi connectivity index (χ1) is 10.5. The Hall–Kier alpha value is -2.82. The topological polar surface area (TPSA) is 68.5 Å². The van der Waals surface area contributed by atoms with Crippen molar-refractivity contribution in [2.75, 3.05) is 11.9 Å². The standard InChI is InChI=1S/C17H17NO4/c1-12-4-3-5-14(10-12)18-16(19)11-21-17(20)9-8-15-7-6-13(2)22-15/h3-10H,11H2,1-2H3,(H,18,19)/b9-8+. The summed E-state index contributed by atoms with van der Waals surface area (Å²) in [6.45, 7) is 3.40. The molecule has 0 aliphatic heterocycles. The first-order valence-corrected chi connectivity index (χ1v) is 6.81. The van der Waals surface area contributed by atoms with E-state index in [1.807, 2.05) is 32.0 Å². The predicted molar refractivity (Wildman–Crippen MR) is 83.2 cm³/mol. The van der Waals surface area contributed by atoms with Crippen molar-refractivity contribution in [3.8, 4) is 0 Å². The Morgan fingerprint density at radius 1 is 1.23 bits per heavy atom. The van der Waals surface area contributed by atoms with Crippen molar-refractivity contribution in [3.05, 3.63) is 59.6 Å². The van der Waals surface area contributed by atoms with Gasteiger partial charge >= 0.3 is 5.97 Å². The van der Waals surface area contributed by atoms with Gasteiger partial charge < -0.3 is 14.5 Å². The molecule has 114 valence electrons. The molecule has 0 saturated heterocycles. The molecule has 5 nitrogen and oxygen atoms in total. The van der Waals surface area contributed by atoms with Crippen LogP contribution < -0.4 is 5.32 Å². The van der Waals surface area contributed by atoms with E-state index in [0.717, 1.165) is 11.3 Å². The lowest BCUT2D eigenvalue weighted by Gasteiger charge is -2.05. The summed E-state index contributed by atoms with van der Waals surface area (Å²) in [5, 5.41) is 2.66. The van der Waals surface area contributed by atoms with Crippen molar-refractivity contribution in [3.63, 3.8) is 0 Å². The Balaban J connectivity index is 1.78. The zero-order chi connectivity index (χ0) is 15.9. The maximum Gasteiger partial charge on any atom is 0.331 e. The average Bonchev–Trinajstić information content (AvgIpc) is 2.89. The zero-order valence-electron chi connectivity index (χ0n) is 12.5. The van der Waals surface area contributed by atoms with E-state index >= 15 is 0 Å². The third kappa shape index (κ3) is 4.94. The molecule has 0 aliphatic carbocycles. The Morgan fingerprint density at radius 3 is 2.73 bits per heavy atom. The maximum absolute atomic E-state index is 11.7. The average molecular weight is 299 g/mol. The van der Waals surface area contributed by atoms with Crippen LogP contribution in [0.2, 0.25) is 0 Å². The van der Waals surface area contributed by atoms with Gasteiger partial charge in [-0.3, -0.25) is 4.79 Å².